The zero-order chi connectivity index (χ0) is 10.7. The summed E-state index contributed by atoms with van der Waals surface area (Å²) in [5, 5.41) is 0. The van der Waals surface area contributed by atoms with E-state index in [2.05, 4.69) is 0 Å². The molecule has 1 aromatic rings. The van der Waals surface area contributed by atoms with Gasteiger partial charge in [-0.2, -0.15) is 0 Å². The van der Waals surface area contributed by atoms with Gasteiger partial charge in [0.05, 0.1) is 0 Å². The van der Waals surface area contributed by atoms with Gasteiger partial charge in [-0.15, -0.1) is 0 Å². The highest BCUT2D eigenvalue weighted by atomic mass is 19.3. The van der Waals surface area contributed by atoms with E-state index in [1.165, 1.54) is 6.92 Å². The second-order valence-corrected chi connectivity index (χ2v) is 3.30. The zero-order valence-electron chi connectivity index (χ0n) is 8.18. The van der Waals surface area contributed by atoms with Crippen molar-refractivity contribution < 1.29 is 13.6 Å². The minimum atomic E-state index is -2.34. The second kappa shape index (κ2) is 4.31. The number of hydrogen-bond acceptors (Lipinski definition) is 1. The van der Waals surface area contributed by atoms with E-state index in [1.807, 2.05) is 0 Å². The number of hydrogen-bond donors (Lipinski definition) is 0. The monoisotopic (exact) mass is 198 g/mol. The second-order valence-electron chi connectivity index (χ2n) is 3.30. The molecule has 0 N–H and O–H groups in total. The smallest absolute Gasteiger partial charge is 0.242 e. The Kier molecular flexibility index (Phi) is 3.33. The van der Waals surface area contributed by atoms with Crippen molar-refractivity contribution in [2.45, 2.75) is 26.7 Å². The van der Waals surface area contributed by atoms with Gasteiger partial charge < -0.3 is 0 Å². The number of aryl methyl sites for hydroxylation is 1. The first-order valence-electron chi connectivity index (χ1n) is 4.39. The topological polar surface area (TPSA) is 17.1 Å². The summed E-state index contributed by atoms with van der Waals surface area (Å²) in [6, 6.07) is 4.83. The molecular weight excluding hydrogens is 186 g/mol. The molecule has 0 fully saturated rings. The number of alkyl halides is 2. The van der Waals surface area contributed by atoms with Crippen molar-refractivity contribution in [2.24, 2.45) is 0 Å². The van der Waals surface area contributed by atoms with Crippen molar-refractivity contribution in [1.82, 2.24) is 0 Å². The quantitative estimate of drug-likeness (QED) is 0.682. The average Bonchev–Trinajstić information content (AvgIpc) is 2.01. The molecule has 0 aliphatic carbocycles. The van der Waals surface area contributed by atoms with Crippen molar-refractivity contribution in [3.63, 3.8) is 0 Å². The number of rotatable bonds is 3. The molecule has 0 bridgehead atoms. The Morgan fingerprint density at radius 2 is 2.07 bits per heavy atom. The zero-order valence-corrected chi connectivity index (χ0v) is 8.18. The molecule has 1 nitrogen and oxygen atoms in total. The van der Waals surface area contributed by atoms with Crippen LogP contribution in [-0.4, -0.2) is 12.2 Å². The fourth-order valence-electron chi connectivity index (χ4n) is 1.43. The van der Waals surface area contributed by atoms with Crippen LogP contribution in [0.3, 0.4) is 0 Å². The third-order valence-electron chi connectivity index (χ3n) is 2.06. The summed E-state index contributed by atoms with van der Waals surface area (Å²) in [5.41, 5.74) is 1.93. The van der Waals surface area contributed by atoms with Gasteiger partial charge in [0.25, 0.3) is 0 Å². The molecule has 0 saturated heterocycles. The van der Waals surface area contributed by atoms with Crippen molar-refractivity contribution in [2.75, 3.05) is 0 Å². The third kappa shape index (κ3) is 2.62. The summed E-state index contributed by atoms with van der Waals surface area (Å²) in [5.74, 6) is -0.0360. The molecule has 0 saturated carbocycles. The molecule has 0 amide bonds. The van der Waals surface area contributed by atoms with Gasteiger partial charge in [0.2, 0.25) is 6.43 Å². The first-order chi connectivity index (χ1) is 6.50. The lowest BCUT2D eigenvalue weighted by molar-refractivity contribution is 0.101. The van der Waals surface area contributed by atoms with Crippen LogP contribution in [0.15, 0.2) is 18.2 Å². The van der Waals surface area contributed by atoms with Crippen molar-refractivity contribution >= 4 is 5.78 Å². The summed E-state index contributed by atoms with van der Waals surface area (Å²) in [4.78, 5) is 11.1. The van der Waals surface area contributed by atoms with Gasteiger partial charge in [0.1, 0.15) is 0 Å². The molecule has 0 aromatic heterocycles. The Hall–Kier alpha value is -1.25. The van der Waals surface area contributed by atoms with Gasteiger partial charge in [-0.05, 0) is 25.0 Å². The third-order valence-corrected chi connectivity index (χ3v) is 2.06. The average molecular weight is 198 g/mol. The Bertz CT molecular complexity index is 345. The lowest BCUT2D eigenvalue weighted by Crippen LogP contribution is -2.00. The predicted octanol–water partition coefficient (Wildman–Crippen LogP) is 3.01. The first-order valence-corrected chi connectivity index (χ1v) is 4.39. The van der Waals surface area contributed by atoms with Gasteiger partial charge in [-0.1, -0.05) is 18.2 Å². The minimum absolute atomic E-state index is 0.0360. The Morgan fingerprint density at radius 3 is 2.50 bits per heavy atom. The number of carbonyl (C=O) groups excluding carboxylic acids is 1. The highest BCUT2D eigenvalue weighted by molar-refractivity contribution is 5.95. The largest absolute Gasteiger partial charge is 0.295 e. The minimum Gasteiger partial charge on any atom is -0.295 e. The molecule has 1 aromatic carbocycles. The van der Waals surface area contributed by atoms with Crippen LogP contribution in [0, 0.1) is 6.92 Å². The van der Waals surface area contributed by atoms with E-state index in [9.17, 15) is 13.6 Å². The molecule has 0 aliphatic rings. The fourth-order valence-corrected chi connectivity index (χ4v) is 1.43. The molecule has 0 heterocycles. The Balaban J connectivity index is 2.94. The van der Waals surface area contributed by atoms with Gasteiger partial charge in [-0.25, -0.2) is 8.78 Å². The van der Waals surface area contributed by atoms with E-state index in [-0.39, 0.29) is 12.2 Å². The highest BCUT2D eigenvalue weighted by Crippen LogP contribution is 2.14. The lowest BCUT2D eigenvalue weighted by atomic mass is 10.0. The van der Waals surface area contributed by atoms with Crippen LogP contribution < -0.4 is 0 Å². The maximum Gasteiger partial charge on any atom is 0.242 e. The van der Waals surface area contributed by atoms with Gasteiger partial charge in [0.15, 0.2) is 5.78 Å². The number of ketones is 1. The van der Waals surface area contributed by atoms with Gasteiger partial charge in [0, 0.05) is 12.0 Å². The van der Waals surface area contributed by atoms with E-state index in [4.69, 9.17) is 0 Å². The molecule has 14 heavy (non-hydrogen) atoms. The van der Waals surface area contributed by atoms with Crippen LogP contribution in [0.4, 0.5) is 8.78 Å². The van der Waals surface area contributed by atoms with Crippen LogP contribution in [0.25, 0.3) is 0 Å². The maximum absolute atomic E-state index is 12.0. The fraction of sp³-hybridized carbons (Fsp3) is 0.364. The maximum atomic E-state index is 12.0. The summed E-state index contributed by atoms with van der Waals surface area (Å²) in [6.07, 6.45) is -2.59. The molecule has 0 radical (unpaired) electrons. The molecule has 0 aliphatic heterocycles. The van der Waals surface area contributed by atoms with Crippen LogP contribution in [0.5, 0.6) is 0 Å². The van der Waals surface area contributed by atoms with Gasteiger partial charge in [-0.3, -0.25) is 4.79 Å². The van der Waals surface area contributed by atoms with E-state index < -0.39 is 6.43 Å². The SMILES string of the molecule is CC(=O)c1ccc(CC(F)F)cc1C. The summed E-state index contributed by atoms with van der Waals surface area (Å²) in [6.45, 7) is 3.22. The van der Waals surface area contributed by atoms with Crippen LogP contribution in [-0.2, 0) is 6.42 Å². The molecule has 0 atom stereocenters. The van der Waals surface area contributed by atoms with Crippen molar-refractivity contribution in [3.8, 4) is 0 Å². The number of Topliss-reactive ketones (excluding diaryl/α,β-unsaturated/α-hetero) is 1. The molecule has 1 rings (SSSR count). The summed E-state index contributed by atoms with van der Waals surface area (Å²) < 4.78 is 24.1. The summed E-state index contributed by atoms with van der Waals surface area (Å²) >= 11 is 0. The van der Waals surface area contributed by atoms with Crippen LogP contribution in [0.1, 0.15) is 28.4 Å². The molecule has 76 valence electrons. The lowest BCUT2D eigenvalue weighted by Gasteiger charge is -2.05. The molecule has 0 unspecified atom stereocenters. The van der Waals surface area contributed by atoms with Gasteiger partial charge >= 0.3 is 0 Å². The summed E-state index contributed by atoms with van der Waals surface area (Å²) in [7, 11) is 0. The number of benzene rings is 1. The van der Waals surface area contributed by atoms with E-state index in [0.717, 1.165) is 5.56 Å². The van der Waals surface area contributed by atoms with E-state index >= 15 is 0 Å². The molecule has 0 spiro atoms. The Labute approximate surface area is 81.7 Å². The van der Waals surface area contributed by atoms with E-state index in [1.54, 1.807) is 25.1 Å². The van der Waals surface area contributed by atoms with Crippen molar-refractivity contribution in [1.29, 1.82) is 0 Å². The normalized spacial score (nSPS) is 10.6. The first kappa shape index (κ1) is 10.8. The van der Waals surface area contributed by atoms with Crippen molar-refractivity contribution in [3.05, 3.63) is 34.9 Å². The molecular formula is C11H12F2O. The Morgan fingerprint density at radius 1 is 1.43 bits per heavy atom. The number of carbonyl (C=O) groups is 1. The van der Waals surface area contributed by atoms with Crippen LogP contribution in [0.2, 0.25) is 0 Å². The standard InChI is InChI=1S/C11H12F2O/c1-7-5-9(6-11(12)13)3-4-10(7)8(2)14/h3-5,11H,6H2,1-2H3. The van der Waals surface area contributed by atoms with E-state index in [0.29, 0.717) is 11.1 Å². The molecule has 3 heteroatoms. The van der Waals surface area contributed by atoms with Crippen LogP contribution >= 0.6 is 0 Å². The number of halogens is 2. The predicted molar refractivity (Wildman–Crippen MR) is 50.9 cm³/mol. The highest BCUT2D eigenvalue weighted by Gasteiger charge is 2.08.